The zero-order chi connectivity index (χ0) is 19.0. The summed E-state index contributed by atoms with van der Waals surface area (Å²) < 4.78 is 5.31. The molecule has 0 spiro atoms. The molecule has 0 aliphatic rings. The zero-order valence-corrected chi connectivity index (χ0v) is 17.1. The Morgan fingerprint density at radius 3 is 2.23 bits per heavy atom. The fraction of sp³-hybridized carbons (Fsp3) is 0.417. The van der Waals surface area contributed by atoms with Gasteiger partial charge in [0.05, 0.1) is 7.11 Å². The SMILES string of the molecule is C=C(C)CCCCC(C)(Cl)CC(c1ccccc1)c1ccc(OC)cc1. The second kappa shape index (κ2) is 9.83. The quantitative estimate of drug-likeness (QED) is 0.241. The molecule has 0 N–H and O–H groups in total. The molecule has 2 unspecified atom stereocenters. The van der Waals surface area contributed by atoms with E-state index in [1.165, 1.54) is 16.7 Å². The van der Waals surface area contributed by atoms with Crippen LogP contribution in [-0.2, 0) is 0 Å². The Balaban J connectivity index is 2.14. The van der Waals surface area contributed by atoms with Gasteiger partial charge in [0.15, 0.2) is 0 Å². The number of allylic oxidation sites excluding steroid dienone is 1. The molecule has 0 aromatic heterocycles. The standard InChI is InChI=1S/C24H31ClO/c1-19(2)10-8-9-17-24(3,25)18-23(20-11-6-5-7-12-20)21-13-15-22(26-4)16-14-21/h5-7,11-16,23H,1,8-10,17-18H2,2-4H3. The van der Waals surface area contributed by atoms with Crippen LogP contribution in [0.5, 0.6) is 5.75 Å². The molecule has 0 aliphatic carbocycles. The van der Waals surface area contributed by atoms with Gasteiger partial charge >= 0.3 is 0 Å². The van der Waals surface area contributed by atoms with Crippen molar-refractivity contribution in [3.05, 3.63) is 77.9 Å². The summed E-state index contributed by atoms with van der Waals surface area (Å²) in [5, 5.41) is 0. The lowest BCUT2D eigenvalue weighted by atomic mass is 9.82. The Bertz CT molecular complexity index is 673. The summed E-state index contributed by atoms with van der Waals surface area (Å²) in [6, 6.07) is 19.0. The molecule has 2 rings (SSSR count). The lowest BCUT2D eigenvalue weighted by Crippen LogP contribution is -2.21. The third kappa shape index (κ3) is 6.53. The van der Waals surface area contributed by atoms with Crippen molar-refractivity contribution in [2.24, 2.45) is 0 Å². The third-order valence-electron chi connectivity index (χ3n) is 4.90. The first kappa shape index (κ1) is 20.6. The Hall–Kier alpha value is -1.73. The molecule has 1 nitrogen and oxygen atoms in total. The number of methoxy groups -OCH3 is 1. The number of hydrogen-bond donors (Lipinski definition) is 0. The molecular formula is C24H31ClO. The monoisotopic (exact) mass is 370 g/mol. The first-order valence-corrected chi connectivity index (χ1v) is 9.81. The molecule has 0 heterocycles. The molecule has 2 aromatic carbocycles. The van der Waals surface area contributed by atoms with E-state index in [0.717, 1.165) is 37.9 Å². The summed E-state index contributed by atoms with van der Waals surface area (Å²) in [6.07, 6.45) is 5.32. The minimum atomic E-state index is -0.227. The minimum absolute atomic E-state index is 0.227. The maximum Gasteiger partial charge on any atom is 0.118 e. The van der Waals surface area contributed by atoms with E-state index in [-0.39, 0.29) is 10.8 Å². The van der Waals surface area contributed by atoms with Crippen molar-refractivity contribution >= 4 is 11.6 Å². The maximum absolute atomic E-state index is 6.96. The normalized spacial score (nSPS) is 14.5. The van der Waals surface area contributed by atoms with Crippen LogP contribution in [-0.4, -0.2) is 12.0 Å². The van der Waals surface area contributed by atoms with Gasteiger partial charge in [0, 0.05) is 10.8 Å². The van der Waals surface area contributed by atoms with Gasteiger partial charge in [-0.2, -0.15) is 0 Å². The van der Waals surface area contributed by atoms with Crippen LogP contribution in [0, 0.1) is 0 Å². The fourth-order valence-electron chi connectivity index (χ4n) is 3.40. The molecule has 0 saturated carbocycles. The molecule has 140 valence electrons. The summed E-state index contributed by atoms with van der Waals surface area (Å²) in [4.78, 5) is -0.227. The number of ether oxygens (including phenoxy) is 1. The average molecular weight is 371 g/mol. The fourth-order valence-corrected chi connectivity index (χ4v) is 3.69. The molecular weight excluding hydrogens is 340 g/mol. The third-order valence-corrected chi connectivity index (χ3v) is 5.24. The van der Waals surface area contributed by atoms with Gasteiger partial charge in [0.2, 0.25) is 0 Å². The van der Waals surface area contributed by atoms with Crippen LogP contribution < -0.4 is 4.74 Å². The van der Waals surface area contributed by atoms with Crippen molar-refractivity contribution in [2.45, 2.75) is 56.7 Å². The van der Waals surface area contributed by atoms with Crippen molar-refractivity contribution in [1.29, 1.82) is 0 Å². The van der Waals surface area contributed by atoms with Crippen LogP contribution in [0.15, 0.2) is 66.7 Å². The van der Waals surface area contributed by atoms with Crippen molar-refractivity contribution in [3.8, 4) is 5.75 Å². The van der Waals surface area contributed by atoms with E-state index in [9.17, 15) is 0 Å². The van der Waals surface area contributed by atoms with Crippen molar-refractivity contribution < 1.29 is 4.74 Å². The Labute approximate surface area is 164 Å². The van der Waals surface area contributed by atoms with Gasteiger partial charge in [-0.3, -0.25) is 0 Å². The molecule has 0 radical (unpaired) electrons. The van der Waals surface area contributed by atoms with Gasteiger partial charge in [0.1, 0.15) is 5.75 Å². The number of rotatable bonds is 10. The van der Waals surface area contributed by atoms with Gasteiger partial charge in [0.25, 0.3) is 0 Å². The van der Waals surface area contributed by atoms with Gasteiger partial charge in [-0.05, 0) is 62.8 Å². The first-order valence-electron chi connectivity index (χ1n) is 9.43. The molecule has 2 heteroatoms. The molecule has 0 saturated heterocycles. The summed E-state index contributed by atoms with van der Waals surface area (Å²) >= 11 is 6.96. The van der Waals surface area contributed by atoms with E-state index in [1.54, 1.807) is 7.11 Å². The number of alkyl halides is 1. The second-order valence-electron chi connectivity index (χ2n) is 7.52. The molecule has 2 atom stereocenters. The lowest BCUT2D eigenvalue weighted by molar-refractivity contribution is 0.414. The van der Waals surface area contributed by atoms with Gasteiger partial charge in [-0.25, -0.2) is 0 Å². The minimum Gasteiger partial charge on any atom is -0.497 e. The number of halogens is 1. The molecule has 0 amide bonds. The molecule has 0 bridgehead atoms. The molecule has 0 fully saturated rings. The van der Waals surface area contributed by atoms with E-state index in [0.29, 0.717) is 0 Å². The largest absolute Gasteiger partial charge is 0.497 e. The van der Waals surface area contributed by atoms with Crippen molar-refractivity contribution in [3.63, 3.8) is 0 Å². The van der Waals surface area contributed by atoms with Crippen molar-refractivity contribution in [2.75, 3.05) is 7.11 Å². The molecule has 0 aliphatic heterocycles. The summed E-state index contributed by atoms with van der Waals surface area (Å²) in [6.45, 7) is 8.26. The number of benzene rings is 2. The number of hydrogen-bond acceptors (Lipinski definition) is 1. The number of unbranched alkanes of at least 4 members (excludes halogenated alkanes) is 1. The van der Waals surface area contributed by atoms with Gasteiger partial charge < -0.3 is 4.74 Å². The maximum atomic E-state index is 6.96. The highest BCUT2D eigenvalue weighted by atomic mass is 35.5. The zero-order valence-electron chi connectivity index (χ0n) is 16.3. The van der Waals surface area contributed by atoms with Crippen LogP contribution in [0.3, 0.4) is 0 Å². The Morgan fingerprint density at radius 2 is 1.65 bits per heavy atom. The van der Waals surface area contributed by atoms with E-state index < -0.39 is 0 Å². The lowest BCUT2D eigenvalue weighted by Gasteiger charge is -2.29. The predicted molar refractivity (Wildman–Crippen MR) is 113 cm³/mol. The van der Waals surface area contributed by atoms with Gasteiger partial charge in [-0.15, -0.1) is 18.2 Å². The van der Waals surface area contributed by atoms with Gasteiger partial charge in [-0.1, -0.05) is 54.5 Å². The van der Waals surface area contributed by atoms with E-state index in [1.807, 2.05) is 12.1 Å². The van der Waals surface area contributed by atoms with Crippen LogP contribution in [0.2, 0.25) is 0 Å². The summed E-state index contributed by atoms with van der Waals surface area (Å²) in [5.41, 5.74) is 3.85. The van der Waals surface area contributed by atoms with Crippen LogP contribution in [0.1, 0.15) is 63.0 Å². The Kier molecular flexibility index (Phi) is 7.78. The predicted octanol–water partition coefficient (Wildman–Crippen LogP) is 7.35. The van der Waals surface area contributed by atoms with Crippen LogP contribution in [0.4, 0.5) is 0 Å². The summed E-state index contributed by atoms with van der Waals surface area (Å²) in [5.74, 6) is 1.17. The average Bonchev–Trinajstić information content (AvgIpc) is 2.64. The molecule has 26 heavy (non-hydrogen) atoms. The highest BCUT2D eigenvalue weighted by molar-refractivity contribution is 6.23. The first-order chi connectivity index (χ1) is 12.4. The summed E-state index contributed by atoms with van der Waals surface area (Å²) in [7, 11) is 1.70. The molecule has 2 aromatic rings. The van der Waals surface area contributed by atoms with Crippen LogP contribution in [0.25, 0.3) is 0 Å². The van der Waals surface area contributed by atoms with E-state index in [4.69, 9.17) is 16.3 Å². The highest BCUT2D eigenvalue weighted by Crippen LogP contribution is 2.38. The van der Waals surface area contributed by atoms with E-state index >= 15 is 0 Å². The topological polar surface area (TPSA) is 9.23 Å². The second-order valence-corrected chi connectivity index (χ2v) is 8.43. The highest BCUT2D eigenvalue weighted by Gasteiger charge is 2.27. The van der Waals surface area contributed by atoms with Crippen LogP contribution >= 0.6 is 11.6 Å². The van der Waals surface area contributed by atoms with Crippen molar-refractivity contribution in [1.82, 2.24) is 0 Å². The van der Waals surface area contributed by atoms with E-state index in [2.05, 4.69) is 62.9 Å². The smallest absolute Gasteiger partial charge is 0.118 e. The Morgan fingerprint density at radius 1 is 1.04 bits per heavy atom.